The highest BCUT2D eigenvalue weighted by Gasteiger charge is 2.44. The van der Waals surface area contributed by atoms with Crippen LogP contribution in [0.15, 0.2) is 24.3 Å². The zero-order valence-electron chi connectivity index (χ0n) is 16.1. The van der Waals surface area contributed by atoms with Gasteiger partial charge in [0.2, 0.25) is 5.91 Å². The highest BCUT2D eigenvalue weighted by atomic mass is 35.5. The van der Waals surface area contributed by atoms with E-state index in [1.165, 1.54) is 0 Å². The van der Waals surface area contributed by atoms with Crippen LogP contribution in [0, 0.1) is 11.8 Å². The molecule has 1 aromatic carbocycles. The molecule has 0 radical (unpaired) electrons. The van der Waals surface area contributed by atoms with Gasteiger partial charge in [-0.05, 0) is 49.9 Å². The number of alkyl halides is 3. The molecule has 0 aromatic heterocycles. The Bertz CT molecular complexity index is 727. The zero-order chi connectivity index (χ0) is 21.0. The minimum Gasteiger partial charge on any atom is -0.341 e. The molecule has 1 saturated heterocycles. The van der Waals surface area contributed by atoms with Crippen LogP contribution in [-0.2, 0) is 4.79 Å². The maximum absolute atomic E-state index is 13.0. The number of urea groups is 1. The highest BCUT2D eigenvalue weighted by Crippen LogP contribution is 2.40. The molecule has 9 heteroatoms. The fourth-order valence-electron chi connectivity index (χ4n) is 4.05. The van der Waals surface area contributed by atoms with Crippen LogP contribution in [0.25, 0.3) is 0 Å². The summed E-state index contributed by atoms with van der Waals surface area (Å²) < 4.78 is 39.1. The molecule has 2 atom stereocenters. The number of anilines is 1. The van der Waals surface area contributed by atoms with Gasteiger partial charge in [0.05, 0.1) is 5.92 Å². The van der Waals surface area contributed by atoms with Crippen molar-refractivity contribution in [1.82, 2.24) is 9.80 Å². The van der Waals surface area contributed by atoms with Gasteiger partial charge in [-0.2, -0.15) is 13.2 Å². The van der Waals surface area contributed by atoms with Gasteiger partial charge in [0.25, 0.3) is 0 Å². The maximum atomic E-state index is 13.0. The lowest BCUT2D eigenvalue weighted by Gasteiger charge is -2.33. The lowest BCUT2D eigenvalue weighted by molar-refractivity contribution is -0.187. The molecule has 1 aliphatic carbocycles. The third-order valence-electron chi connectivity index (χ3n) is 5.68. The van der Waals surface area contributed by atoms with Gasteiger partial charge >= 0.3 is 12.2 Å². The monoisotopic (exact) mass is 431 g/mol. The predicted octanol–water partition coefficient (Wildman–Crippen LogP) is 4.77. The van der Waals surface area contributed by atoms with Crippen LogP contribution in [0.3, 0.4) is 0 Å². The lowest BCUT2D eigenvalue weighted by atomic mass is 9.80. The van der Waals surface area contributed by atoms with Gasteiger partial charge in [0.15, 0.2) is 0 Å². The summed E-state index contributed by atoms with van der Waals surface area (Å²) >= 11 is 5.84. The molecule has 1 aliphatic heterocycles. The van der Waals surface area contributed by atoms with Crippen LogP contribution in [0.4, 0.5) is 23.7 Å². The summed E-state index contributed by atoms with van der Waals surface area (Å²) in [5.41, 5.74) is 0.622. The van der Waals surface area contributed by atoms with Crippen molar-refractivity contribution >= 4 is 29.2 Å². The van der Waals surface area contributed by atoms with Crippen LogP contribution in [-0.4, -0.2) is 54.1 Å². The number of halogens is 4. The van der Waals surface area contributed by atoms with E-state index in [4.69, 9.17) is 11.6 Å². The summed E-state index contributed by atoms with van der Waals surface area (Å²) in [6.07, 6.45) is -2.75. The number of hydrogen-bond acceptors (Lipinski definition) is 2. The quantitative estimate of drug-likeness (QED) is 0.733. The van der Waals surface area contributed by atoms with Crippen molar-refractivity contribution in [3.63, 3.8) is 0 Å². The van der Waals surface area contributed by atoms with Crippen molar-refractivity contribution in [3.8, 4) is 0 Å². The number of nitrogens with one attached hydrogen (secondary N) is 1. The Morgan fingerprint density at radius 3 is 2.31 bits per heavy atom. The Hall–Kier alpha value is -1.96. The number of carbonyl (C=O) groups excluding carboxylic acids is 2. The smallest absolute Gasteiger partial charge is 0.341 e. The molecule has 2 unspecified atom stereocenters. The third-order valence-corrected chi connectivity index (χ3v) is 5.93. The fourth-order valence-corrected chi connectivity index (χ4v) is 4.17. The summed E-state index contributed by atoms with van der Waals surface area (Å²) in [7, 11) is 0. The molecule has 2 fully saturated rings. The Morgan fingerprint density at radius 2 is 1.62 bits per heavy atom. The molecule has 0 spiro atoms. The van der Waals surface area contributed by atoms with Gasteiger partial charge in [-0.15, -0.1) is 0 Å². The van der Waals surface area contributed by atoms with E-state index in [0.29, 0.717) is 56.2 Å². The standard InChI is InChI=1S/C20H25ClF3N3O2/c21-16-5-7-17(8-6-16)25-19(29)27-10-2-9-26(11-12-27)18(28)14-3-1-4-15(13-14)20(22,23)24/h5-8,14-15H,1-4,9-13H2,(H,25,29). The summed E-state index contributed by atoms with van der Waals surface area (Å²) in [4.78, 5) is 28.5. The van der Waals surface area contributed by atoms with Crippen LogP contribution in [0.1, 0.15) is 32.1 Å². The van der Waals surface area contributed by atoms with Gasteiger partial charge in [-0.25, -0.2) is 4.79 Å². The maximum Gasteiger partial charge on any atom is 0.391 e. The van der Waals surface area contributed by atoms with Crippen LogP contribution in [0.2, 0.25) is 5.02 Å². The molecule has 3 rings (SSSR count). The van der Waals surface area contributed by atoms with Crippen molar-refractivity contribution in [3.05, 3.63) is 29.3 Å². The molecule has 1 N–H and O–H groups in total. The molecule has 1 heterocycles. The van der Waals surface area contributed by atoms with Gasteiger partial charge in [0, 0.05) is 42.8 Å². The number of nitrogens with zero attached hydrogens (tertiary/aromatic N) is 2. The van der Waals surface area contributed by atoms with E-state index in [0.717, 1.165) is 0 Å². The average Bonchev–Trinajstić information content (AvgIpc) is 2.95. The lowest BCUT2D eigenvalue weighted by Crippen LogP contribution is -2.43. The topological polar surface area (TPSA) is 52.7 Å². The first-order valence-corrected chi connectivity index (χ1v) is 10.3. The van der Waals surface area contributed by atoms with E-state index in [2.05, 4.69) is 5.32 Å². The Kier molecular flexibility index (Phi) is 6.93. The summed E-state index contributed by atoms with van der Waals surface area (Å²) in [5.74, 6) is -2.18. The van der Waals surface area contributed by atoms with Gasteiger partial charge in [-0.3, -0.25) is 4.79 Å². The van der Waals surface area contributed by atoms with E-state index in [1.54, 1.807) is 34.1 Å². The SMILES string of the molecule is O=C(Nc1ccc(Cl)cc1)N1CCCN(C(=O)C2CCCC(C(F)(F)F)C2)CC1. The molecule has 160 valence electrons. The van der Waals surface area contributed by atoms with Gasteiger partial charge in [0.1, 0.15) is 0 Å². The summed E-state index contributed by atoms with van der Waals surface area (Å²) in [6, 6.07) is 6.50. The van der Waals surface area contributed by atoms with Crippen LogP contribution in [0.5, 0.6) is 0 Å². The van der Waals surface area contributed by atoms with E-state index < -0.39 is 18.0 Å². The Balaban J connectivity index is 1.54. The largest absolute Gasteiger partial charge is 0.391 e. The first-order chi connectivity index (χ1) is 13.7. The van der Waals surface area contributed by atoms with E-state index in [9.17, 15) is 22.8 Å². The first-order valence-electron chi connectivity index (χ1n) is 9.91. The normalized spacial score (nSPS) is 23.4. The summed E-state index contributed by atoms with van der Waals surface area (Å²) in [6.45, 7) is 1.62. The van der Waals surface area contributed by atoms with Crippen LogP contribution >= 0.6 is 11.6 Å². The molecule has 1 aromatic rings. The summed E-state index contributed by atoms with van der Waals surface area (Å²) in [5, 5.41) is 3.37. The van der Waals surface area contributed by atoms with Crippen LogP contribution < -0.4 is 5.32 Å². The number of hydrogen-bond donors (Lipinski definition) is 1. The number of amides is 3. The van der Waals surface area contributed by atoms with E-state index >= 15 is 0 Å². The minimum atomic E-state index is -4.24. The van der Waals surface area contributed by atoms with Crippen molar-refractivity contribution in [2.24, 2.45) is 11.8 Å². The molecule has 0 bridgehead atoms. The molecule has 5 nitrogen and oxygen atoms in total. The molecule has 2 aliphatic rings. The first kappa shape index (κ1) is 21.7. The zero-order valence-corrected chi connectivity index (χ0v) is 16.8. The van der Waals surface area contributed by atoms with Gasteiger partial charge in [-0.1, -0.05) is 18.0 Å². The Morgan fingerprint density at radius 1 is 0.966 bits per heavy atom. The molecular weight excluding hydrogens is 407 g/mol. The third kappa shape index (κ3) is 5.78. The number of rotatable bonds is 2. The molecule has 29 heavy (non-hydrogen) atoms. The minimum absolute atomic E-state index is 0.103. The van der Waals surface area contributed by atoms with Crippen molar-refractivity contribution in [2.75, 3.05) is 31.5 Å². The highest BCUT2D eigenvalue weighted by molar-refractivity contribution is 6.30. The van der Waals surface area contributed by atoms with E-state index in [-0.39, 0.29) is 24.8 Å². The molecule has 3 amide bonds. The molecular formula is C20H25ClF3N3O2. The van der Waals surface area contributed by atoms with Crippen molar-refractivity contribution in [2.45, 2.75) is 38.3 Å². The average molecular weight is 432 g/mol. The second kappa shape index (κ2) is 9.24. The number of carbonyl (C=O) groups is 2. The Labute approximate surface area is 173 Å². The molecule has 1 saturated carbocycles. The number of benzene rings is 1. The second-order valence-corrected chi connectivity index (χ2v) is 8.14. The van der Waals surface area contributed by atoms with Crippen molar-refractivity contribution in [1.29, 1.82) is 0 Å². The predicted molar refractivity (Wildman–Crippen MR) is 105 cm³/mol. The van der Waals surface area contributed by atoms with Crippen molar-refractivity contribution < 1.29 is 22.8 Å². The fraction of sp³-hybridized carbons (Fsp3) is 0.600. The van der Waals surface area contributed by atoms with Gasteiger partial charge < -0.3 is 15.1 Å². The van der Waals surface area contributed by atoms with E-state index in [1.807, 2.05) is 0 Å². The second-order valence-electron chi connectivity index (χ2n) is 7.70.